The van der Waals surface area contributed by atoms with Crippen LogP contribution in [0.25, 0.3) is 0 Å². The number of anilines is 1. The van der Waals surface area contributed by atoms with Crippen LogP contribution >= 0.6 is 11.3 Å². The summed E-state index contributed by atoms with van der Waals surface area (Å²) in [7, 11) is 0. The highest BCUT2D eigenvalue weighted by Gasteiger charge is 2.11. The fourth-order valence-electron chi connectivity index (χ4n) is 1.55. The van der Waals surface area contributed by atoms with E-state index in [0.717, 1.165) is 11.4 Å². The molecule has 2 amide bonds. The molecular weight excluding hydrogens is 276 g/mol. The molecule has 0 fully saturated rings. The monoisotopic (exact) mass is 290 g/mol. The van der Waals surface area contributed by atoms with E-state index in [4.69, 9.17) is 0 Å². The second-order valence-electron chi connectivity index (χ2n) is 4.17. The van der Waals surface area contributed by atoms with Gasteiger partial charge in [0.05, 0.1) is 12.2 Å². The van der Waals surface area contributed by atoms with E-state index >= 15 is 0 Å². The number of nitrogens with one attached hydrogen (secondary N) is 2. The molecule has 0 bridgehead atoms. The first-order valence-electron chi connectivity index (χ1n) is 5.98. The van der Waals surface area contributed by atoms with Crippen LogP contribution < -0.4 is 10.6 Å². The molecule has 0 aromatic carbocycles. The zero-order valence-electron chi connectivity index (χ0n) is 11.1. The normalized spacial score (nSPS) is 10.1. The lowest BCUT2D eigenvalue weighted by Crippen LogP contribution is -2.23. The Morgan fingerprint density at radius 3 is 2.80 bits per heavy atom. The smallest absolute Gasteiger partial charge is 0.271 e. The van der Waals surface area contributed by atoms with Crippen LogP contribution in [0.3, 0.4) is 0 Å². The van der Waals surface area contributed by atoms with E-state index in [1.807, 2.05) is 25.1 Å². The molecule has 2 N–H and O–H groups in total. The number of nitrogens with zero attached hydrogens (tertiary/aromatic N) is 2. The summed E-state index contributed by atoms with van der Waals surface area (Å²) in [5.41, 5.74) is 1.97. The molecule has 2 aromatic heterocycles. The third-order valence-electron chi connectivity index (χ3n) is 2.40. The fourth-order valence-corrected chi connectivity index (χ4v) is 2.28. The van der Waals surface area contributed by atoms with E-state index in [-0.39, 0.29) is 17.5 Å². The Bertz CT molecular complexity index is 639. The van der Waals surface area contributed by atoms with Crippen LogP contribution in [0.5, 0.6) is 0 Å². The average Bonchev–Trinajstić information content (AvgIpc) is 2.84. The van der Waals surface area contributed by atoms with E-state index < -0.39 is 0 Å². The molecule has 0 aliphatic carbocycles. The van der Waals surface area contributed by atoms with Crippen molar-refractivity contribution in [1.82, 2.24) is 15.3 Å². The summed E-state index contributed by atoms with van der Waals surface area (Å²) in [4.78, 5) is 31.1. The fraction of sp³-hybridized carbons (Fsp3) is 0.231. The molecule has 104 valence electrons. The lowest BCUT2D eigenvalue weighted by atomic mass is 10.3. The van der Waals surface area contributed by atoms with Crippen LogP contribution in [0, 0.1) is 6.92 Å². The second kappa shape index (κ2) is 6.25. The third-order valence-corrected chi connectivity index (χ3v) is 3.15. The third kappa shape index (κ3) is 3.86. The van der Waals surface area contributed by atoms with Gasteiger partial charge >= 0.3 is 0 Å². The molecule has 0 radical (unpaired) electrons. The minimum atomic E-state index is -0.291. The zero-order chi connectivity index (χ0) is 14.5. The maximum Gasteiger partial charge on any atom is 0.271 e. The quantitative estimate of drug-likeness (QED) is 0.898. The van der Waals surface area contributed by atoms with Gasteiger partial charge in [-0.3, -0.25) is 14.6 Å². The second-order valence-corrected chi connectivity index (χ2v) is 5.03. The van der Waals surface area contributed by atoms with Crippen LogP contribution in [-0.2, 0) is 11.3 Å². The predicted octanol–water partition coefficient (Wildman–Crippen LogP) is 1.73. The Hall–Kier alpha value is -2.28. The first-order chi connectivity index (χ1) is 9.54. The van der Waals surface area contributed by atoms with Crippen molar-refractivity contribution in [3.05, 3.63) is 40.7 Å². The lowest BCUT2D eigenvalue weighted by molar-refractivity contribution is -0.114. The summed E-state index contributed by atoms with van der Waals surface area (Å²) >= 11 is 1.21. The minimum absolute atomic E-state index is 0.213. The van der Waals surface area contributed by atoms with Crippen molar-refractivity contribution in [2.24, 2.45) is 0 Å². The number of hydrogen-bond acceptors (Lipinski definition) is 5. The average molecular weight is 290 g/mol. The van der Waals surface area contributed by atoms with Gasteiger partial charge in [0.2, 0.25) is 5.91 Å². The number of carbonyl (C=O) groups is 2. The zero-order valence-corrected chi connectivity index (χ0v) is 12.0. The first-order valence-corrected chi connectivity index (χ1v) is 6.86. The van der Waals surface area contributed by atoms with Crippen LogP contribution in [0.4, 0.5) is 5.13 Å². The van der Waals surface area contributed by atoms with E-state index in [0.29, 0.717) is 11.7 Å². The van der Waals surface area contributed by atoms with Gasteiger partial charge in [-0.2, -0.15) is 0 Å². The van der Waals surface area contributed by atoms with Gasteiger partial charge in [-0.05, 0) is 19.1 Å². The van der Waals surface area contributed by atoms with Gasteiger partial charge in [0, 0.05) is 18.0 Å². The van der Waals surface area contributed by atoms with E-state index in [9.17, 15) is 9.59 Å². The Morgan fingerprint density at radius 2 is 2.10 bits per heavy atom. The highest BCUT2D eigenvalue weighted by molar-refractivity contribution is 7.14. The van der Waals surface area contributed by atoms with Crippen LogP contribution in [0.2, 0.25) is 0 Å². The highest BCUT2D eigenvalue weighted by atomic mass is 32.1. The number of pyridine rings is 1. The summed E-state index contributed by atoms with van der Waals surface area (Å²) in [6.07, 6.45) is 0. The summed E-state index contributed by atoms with van der Waals surface area (Å²) in [6.45, 7) is 3.63. The summed E-state index contributed by atoms with van der Waals surface area (Å²) in [6, 6.07) is 5.63. The molecule has 0 saturated carbocycles. The molecule has 2 heterocycles. The summed E-state index contributed by atoms with van der Waals surface area (Å²) < 4.78 is 0. The van der Waals surface area contributed by atoms with Crippen molar-refractivity contribution < 1.29 is 9.59 Å². The molecule has 0 aliphatic rings. The molecule has 0 aliphatic heterocycles. The molecule has 7 heteroatoms. The number of hydrogen-bond donors (Lipinski definition) is 2. The van der Waals surface area contributed by atoms with Crippen molar-refractivity contribution in [3.63, 3.8) is 0 Å². The SMILES string of the molecule is CC(=O)Nc1nc(C(=O)NCc2cccc(C)n2)cs1. The van der Waals surface area contributed by atoms with Gasteiger partial charge < -0.3 is 10.6 Å². The number of rotatable bonds is 4. The maximum atomic E-state index is 11.9. The molecule has 0 saturated heterocycles. The Kier molecular flexibility index (Phi) is 4.41. The predicted molar refractivity (Wildman–Crippen MR) is 76.6 cm³/mol. The maximum absolute atomic E-state index is 11.9. The van der Waals surface area contributed by atoms with Crippen LogP contribution in [0.1, 0.15) is 28.8 Å². The molecule has 20 heavy (non-hydrogen) atoms. The van der Waals surface area contributed by atoms with Gasteiger partial charge in [-0.15, -0.1) is 11.3 Å². The molecule has 2 rings (SSSR count). The Balaban J connectivity index is 1.95. The van der Waals surface area contributed by atoms with E-state index in [1.165, 1.54) is 18.3 Å². The molecule has 2 aromatic rings. The van der Waals surface area contributed by atoms with Gasteiger partial charge in [0.25, 0.3) is 5.91 Å². The molecule has 6 nitrogen and oxygen atoms in total. The molecular formula is C13H14N4O2S. The first kappa shape index (κ1) is 14.1. The number of amides is 2. The van der Waals surface area contributed by atoms with Gasteiger partial charge in [0.15, 0.2) is 5.13 Å². The minimum Gasteiger partial charge on any atom is -0.345 e. The topological polar surface area (TPSA) is 84.0 Å². The van der Waals surface area contributed by atoms with Crippen LogP contribution in [-0.4, -0.2) is 21.8 Å². The van der Waals surface area contributed by atoms with Crippen molar-refractivity contribution >= 4 is 28.3 Å². The van der Waals surface area contributed by atoms with Crippen LogP contribution in [0.15, 0.2) is 23.6 Å². The lowest BCUT2D eigenvalue weighted by Gasteiger charge is -2.03. The van der Waals surface area contributed by atoms with Gasteiger partial charge in [-0.1, -0.05) is 6.07 Å². The Labute approximate surface area is 120 Å². The number of aryl methyl sites for hydroxylation is 1. The van der Waals surface area contributed by atoms with Crippen molar-refractivity contribution in [2.45, 2.75) is 20.4 Å². The number of carbonyl (C=O) groups excluding carboxylic acids is 2. The van der Waals surface area contributed by atoms with Crippen molar-refractivity contribution in [1.29, 1.82) is 0 Å². The van der Waals surface area contributed by atoms with E-state index in [1.54, 1.807) is 5.38 Å². The largest absolute Gasteiger partial charge is 0.345 e. The van der Waals surface area contributed by atoms with Crippen molar-refractivity contribution in [3.8, 4) is 0 Å². The molecule has 0 atom stereocenters. The number of thiazole rings is 1. The highest BCUT2D eigenvalue weighted by Crippen LogP contribution is 2.15. The van der Waals surface area contributed by atoms with Gasteiger partial charge in [0.1, 0.15) is 5.69 Å². The summed E-state index contributed by atoms with van der Waals surface area (Å²) in [5, 5.41) is 7.29. The Morgan fingerprint density at radius 1 is 1.30 bits per heavy atom. The van der Waals surface area contributed by atoms with Gasteiger partial charge in [-0.25, -0.2) is 4.98 Å². The van der Waals surface area contributed by atoms with Crippen molar-refractivity contribution in [2.75, 3.05) is 5.32 Å². The molecule has 0 unspecified atom stereocenters. The standard InChI is InChI=1S/C13H14N4O2S/c1-8-4-3-5-10(15-8)6-14-12(19)11-7-20-13(17-11)16-9(2)18/h3-5,7H,6H2,1-2H3,(H,14,19)(H,16,17,18). The molecule has 0 spiro atoms. The van der Waals surface area contributed by atoms with E-state index in [2.05, 4.69) is 20.6 Å². The number of aromatic nitrogens is 2. The summed E-state index contributed by atoms with van der Waals surface area (Å²) in [5.74, 6) is -0.503.